The van der Waals surface area contributed by atoms with E-state index in [4.69, 9.17) is 4.74 Å². The molecule has 0 spiro atoms. The van der Waals surface area contributed by atoms with Gasteiger partial charge in [-0.25, -0.2) is 0 Å². The Kier molecular flexibility index (Phi) is 3.85. The van der Waals surface area contributed by atoms with Crippen LogP contribution in [0, 0.1) is 24.0 Å². The van der Waals surface area contributed by atoms with Gasteiger partial charge in [-0.2, -0.15) is 0 Å². The molecule has 2 rings (SSSR count). The third kappa shape index (κ3) is 2.93. The lowest BCUT2D eigenvalue weighted by Gasteiger charge is -2.10. The van der Waals surface area contributed by atoms with Crippen LogP contribution in [0.1, 0.15) is 11.1 Å². The largest absolute Gasteiger partial charge is 0.449 e. The summed E-state index contributed by atoms with van der Waals surface area (Å²) >= 11 is 3.40. The van der Waals surface area contributed by atoms with Gasteiger partial charge in [0.1, 0.15) is 5.75 Å². The predicted molar refractivity (Wildman–Crippen MR) is 76.8 cm³/mol. The predicted octanol–water partition coefficient (Wildman–Crippen LogP) is 4.77. The fourth-order valence-electron chi connectivity index (χ4n) is 1.71. The van der Waals surface area contributed by atoms with Crippen LogP contribution in [0.25, 0.3) is 0 Å². The lowest BCUT2D eigenvalue weighted by atomic mass is 10.2. The molecule has 0 atom stereocenters. The van der Waals surface area contributed by atoms with Crippen LogP contribution >= 0.6 is 15.9 Å². The third-order valence-corrected chi connectivity index (χ3v) is 3.31. The summed E-state index contributed by atoms with van der Waals surface area (Å²) in [7, 11) is 0. The van der Waals surface area contributed by atoms with E-state index in [1.807, 2.05) is 19.1 Å². The summed E-state index contributed by atoms with van der Waals surface area (Å²) in [5.74, 6) is 0.833. The Morgan fingerprint density at radius 2 is 1.95 bits per heavy atom. The molecule has 2 aromatic carbocycles. The van der Waals surface area contributed by atoms with Gasteiger partial charge in [0, 0.05) is 6.07 Å². The molecule has 0 unspecified atom stereocenters. The van der Waals surface area contributed by atoms with Gasteiger partial charge in [-0.1, -0.05) is 18.2 Å². The van der Waals surface area contributed by atoms with Crippen LogP contribution in [-0.2, 0) is 0 Å². The van der Waals surface area contributed by atoms with Crippen LogP contribution in [0.4, 0.5) is 5.69 Å². The number of nitro groups is 1. The number of ether oxygens (including phenoxy) is 1. The maximum atomic E-state index is 11.0. The lowest BCUT2D eigenvalue weighted by Crippen LogP contribution is -1.96. The minimum Gasteiger partial charge on any atom is -0.449 e. The summed E-state index contributed by atoms with van der Waals surface area (Å²) in [6, 6.07) is 10.4. The van der Waals surface area contributed by atoms with E-state index in [2.05, 4.69) is 15.9 Å². The Morgan fingerprint density at radius 1 is 1.21 bits per heavy atom. The monoisotopic (exact) mass is 321 g/mol. The van der Waals surface area contributed by atoms with Crippen LogP contribution in [0.5, 0.6) is 11.5 Å². The Bertz CT molecular complexity index is 641. The zero-order valence-electron chi connectivity index (χ0n) is 10.5. The van der Waals surface area contributed by atoms with Crippen molar-refractivity contribution in [2.75, 3.05) is 0 Å². The zero-order chi connectivity index (χ0) is 14.0. The molecule has 0 bridgehead atoms. The first-order valence-corrected chi connectivity index (χ1v) is 6.46. The highest BCUT2D eigenvalue weighted by atomic mass is 79.9. The van der Waals surface area contributed by atoms with Crippen LogP contribution in [-0.4, -0.2) is 4.92 Å². The minimum atomic E-state index is -0.440. The quantitative estimate of drug-likeness (QED) is 0.604. The number of benzene rings is 2. The van der Waals surface area contributed by atoms with Gasteiger partial charge in [0.15, 0.2) is 0 Å². The molecule has 0 heterocycles. The Morgan fingerprint density at radius 3 is 2.58 bits per heavy atom. The van der Waals surface area contributed by atoms with Crippen molar-refractivity contribution in [2.24, 2.45) is 0 Å². The number of halogens is 1. The maximum absolute atomic E-state index is 11.0. The molecule has 2 aromatic rings. The van der Waals surface area contributed by atoms with Crippen LogP contribution in [0.2, 0.25) is 0 Å². The topological polar surface area (TPSA) is 52.4 Å². The molecule has 0 N–H and O–H groups in total. The van der Waals surface area contributed by atoms with E-state index in [0.717, 1.165) is 15.6 Å². The van der Waals surface area contributed by atoms with Crippen LogP contribution in [0.3, 0.4) is 0 Å². The number of nitro benzene ring substituents is 1. The van der Waals surface area contributed by atoms with E-state index >= 15 is 0 Å². The second-order valence-electron chi connectivity index (χ2n) is 4.22. The first kappa shape index (κ1) is 13.5. The van der Waals surface area contributed by atoms with E-state index in [1.54, 1.807) is 25.1 Å². The van der Waals surface area contributed by atoms with Crippen molar-refractivity contribution < 1.29 is 9.66 Å². The Balaban J connectivity index is 2.46. The van der Waals surface area contributed by atoms with E-state index < -0.39 is 4.92 Å². The summed E-state index contributed by atoms with van der Waals surface area (Å²) in [4.78, 5) is 10.6. The highest BCUT2D eigenvalue weighted by Gasteiger charge is 2.18. The van der Waals surface area contributed by atoms with Crippen molar-refractivity contribution in [2.45, 2.75) is 13.8 Å². The second-order valence-corrected chi connectivity index (χ2v) is 5.07. The van der Waals surface area contributed by atoms with E-state index in [0.29, 0.717) is 5.75 Å². The molecule has 0 fully saturated rings. The summed E-state index contributed by atoms with van der Waals surface area (Å²) in [6.45, 7) is 3.75. The van der Waals surface area contributed by atoms with E-state index in [1.165, 1.54) is 6.07 Å². The van der Waals surface area contributed by atoms with Gasteiger partial charge in [0.05, 0.1) is 9.40 Å². The van der Waals surface area contributed by atoms with Gasteiger partial charge < -0.3 is 4.74 Å². The number of aryl methyl sites for hydroxylation is 2. The molecule has 0 amide bonds. The number of para-hydroxylation sites is 1. The van der Waals surface area contributed by atoms with Gasteiger partial charge in [0.25, 0.3) is 0 Å². The Labute approximate surface area is 119 Å². The molecule has 0 aliphatic heterocycles. The second kappa shape index (κ2) is 5.40. The van der Waals surface area contributed by atoms with Gasteiger partial charge in [-0.15, -0.1) is 0 Å². The van der Waals surface area contributed by atoms with Gasteiger partial charge >= 0.3 is 5.69 Å². The summed E-state index contributed by atoms with van der Waals surface area (Å²) in [5, 5.41) is 11.0. The molecule has 0 saturated heterocycles. The molecule has 19 heavy (non-hydrogen) atoms. The van der Waals surface area contributed by atoms with Crippen molar-refractivity contribution >= 4 is 21.6 Å². The highest BCUT2D eigenvalue weighted by Crippen LogP contribution is 2.37. The van der Waals surface area contributed by atoms with Crippen molar-refractivity contribution in [3.8, 4) is 11.5 Å². The van der Waals surface area contributed by atoms with Crippen molar-refractivity contribution in [1.29, 1.82) is 0 Å². The fraction of sp³-hybridized carbons (Fsp3) is 0.143. The van der Waals surface area contributed by atoms with Crippen LogP contribution < -0.4 is 4.74 Å². The van der Waals surface area contributed by atoms with Gasteiger partial charge in [-0.05, 0) is 53.0 Å². The minimum absolute atomic E-state index is 0.0347. The standard InChI is InChI=1S/C14H12BrNO3/c1-9-6-7-13(11(15)8-9)19-14-10(2)4-3-5-12(14)16(17)18/h3-8H,1-2H3. The number of hydrogen-bond acceptors (Lipinski definition) is 3. The molecule has 0 radical (unpaired) electrons. The zero-order valence-corrected chi connectivity index (χ0v) is 12.1. The molecule has 0 aliphatic rings. The van der Waals surface area contributed by atoms with Crippen LogP contribution in [0.15, 0.2) is 40.9 Å². The third-order valence-electron chi connectivity index (χ3n) is 2.69. The van der Waals surface area contributed by atoms with Gasteiger partial charge in [0.2, 0.25) is 5.75 Å². The number of nitrogens with zero attached hydrogens (tertiary/aromatic N) is 1. The average molecular weight is 322 g/mol. The lowest BCUT2D eigenvalue weighted by molar-refractivity contribution is -0.385. The van der Waals surface area contributed by atoms with Crippen molar-refractivity contribution in [1.82, 2.24) is 0 Å². The Hall–Kier alpha value is -1.88. The molecular weight excluding hydrogens is 310 g/mol. The summed E-state index contributed by atoms with van der Waals surface area (Å²) in [5.41, 5.74) is 1.77. The fourth-order valence-corrected chi connectivity index (χ4v) is 2.29. The first-order chi connectivity index (χ1) is 8.99. The van der Waals surface area contributed by atoms with E-state index in [-0.39, 0.29) is 11.4 Å². The highest BCUT2D eigenvalue weighted by molar-refractivity contribution is 9.10. The molecule has 98 valence electrons. The maximum Gasteiger partial charge on any atom is 0.311 e. The normalized spacial score (nSPS) is 10.3. The van der Waals surface area contributed by atoms with E-state index in [9.17, 15) is 10.1 Å². The summed E-state index contributed by atoms with van der Waals surface area (Å²) < 4.78 is 6.47. The van der Waals surface area contributed by atoms with Gasteiger partial charge in [-0.3, -0.25) is 10.1 Å². The summed E-state index contributed by atoms with van der Waals surface area (Å²) in [6.07, 6.45) is 0. The number of rotatable bonds is 3. The molecule has 5 heteroatoms. The molecule has 0 aromatic heterocycles. The molecular formula is C14H12BrNO3. The smallest absolute Gasteiger partial charge is 0.311 e. The van der Waals surface area contributed by atoms with Crippen molar-refractivity contribution in [3.05, 3.63) is 62.1 Å². The molecule has 0 saturated carbocycles. The SMILES string of the molecule is Cc1ccc(Oc2c(C)cccc2[N+](=O)[O-])c(Br)c1. The number of hydrogen-bond donors (Lipinski definition) is 0. The molecule has 0 aliphatic carbocycles. The first-order valence-electron chi connectivity index (χ1n) is 5.67. The average Bonchev–Trinajstić information content (AvgIpc) is 2.34. The molecule has 4 nitrogen and oxygen atoms in total. The van der Waals surface area contributed by atoms with Crippen molar-refractivity contribution in [3.63, 3.8) is 0 Å².